The number of anilines is 1. The molecule has 1 aliphatic rings. The van der Waals surface area contributed by atoms with E-state index in [1.807, 2.05) is 0 Å². The first-order valence-electron chi connectivity index (χ1n) is 8.23. The molecule has 5 nitrogen and oxygen atoms in total. The summed E-state index contributed by atoms with van der Waals surface area (Å²) < 4.78 is 0. The maximum Gasteiger partial charge on any atom is 0.313 e. The lowest BCUT2D eigenvalue weighted by molar-refractivity contribution is -0.136. The highest BCUT2D eigenvalue weighted by atomic mass is 35.5. The number of rotatable bonds is 5. The molecule has 1 aromatic rings. The van der Waals surface area contributed by atoms with Crippen molar-refractivity contribution in [1.82, 2.24) is 10.2 Å². The Morgan fingerprint density at radius 2 is 1.88 bits per heavy atom. The standard InChI is InChI=1S/C17H23Cl2N3O2/c1-12(11-22-8-3-2-4-9-22)10-20-16(23)17(24)21-14-7-5-6-13(18)15(14)19/h5-7,12H,2-4,8-11H2,1H3,(H,20,23)(H,21,24). The molecule has 1 aliphatic heterocycles. The van der Waals surface area contributed by atoms with Crippen LogP contribution in [0.2, 0.25) is 10.0 Å². The van der Waals surface area contributed by atoms with E-state index in [1.165, 1.54) is 19.3 Å². The molecule has 7 heteroatoms. The molecule has 24 heavy (non-hydrogen) atoms. The average Bonchev–Trinajstić information content (AvgIpc) is 2.57. The molecule has 132 valence electrons. The summed E-state index contributed by atoms with van der Waals surface area (Å²) in [5, 5.41) is 5.70. The van der Waals surface area contributed by atoms with E-state index in [4.69, 9.17) is 23.2 Å². The Balaban J connectivity index is 1.76. The third-order valence-corrected chi connectivity index (χ3v) is 4.85. The van der Waals surface area contributed by atoms with Crippen LogP contribution in [0.25, 0.3) is 0 Å². The van der Waals surface area contributed by atoms with Gasteiger partial charge in [0.25, 0.3) is 0 Å². The molecule has 2 N–H and O–H groups in total. The van der Waals surface area contributed by atoms with E-state index in [9.17, 15) is 9.59 Å². The molecule has 1 unspecified atom stereocenters. The molecule has 1 fully saturated rings. The van der Waals surface area contributed by atoms with Gasteiger partial charge in [-0.15, -0.1) is 0 Å². The van der Waals surface area contributed by atoms with Gasteiger partial charge in [0.1, 0.15) is 0 Å². The fraction of sp³-hybridized carbons (Fsp3) is 0.529. The van der Waals surface area contributed by atoms with E-state index >= 15 is 0 Å². The molecular formula is C17H23Cl2N3O2. The fourth-order valence-electron chi connectivity index (χ4n) is 2.77. The predicted molar refractivity (Wildman–Crippen MR) is 97.6 cm³/mol. The number of piperidine rings is 1. The summed E-state index contributed by atoms with van der Waals surface area (Å²) in [5.41, 5.74) is 0.325. The van der Waals surface area contributed by atoms with Crippen molar-refractivity contribution >= 4 is 40.7 Å². The van der Waals surface area contributed by atoms with E-state index in [1.54, 1.807) is 18.2 Å². The van der Waals surface area contributed by atoms with Gasteiger partial charge in [-0.1, -0.05) is 42.6 Å². The predicted octanol–water partition coefficient (Wildman–Crippen LogP) is 3.17. The molecule has 0 saturated carbocycles. The lowest BCUT2D eigenvalue weighted by atomic mass is 10.1. The van der Waals surface area contributed by atoms with Crippen LogP contribution in [0.5, 0.6) is 0 Å². The largest absolute Gasteiger partial charge is 0.348 e. The monoisotopic (exact) mass is 371 g/mol. The molecule has 1 saturated heterocycles. The van der Waals surface area contributed by atoms with Crippen LogP contribution in [0.1, 0.15) is 26.2 Å². The van der Waals surface area contributed by atoms with Crippen molar-refractivity contribution in [3.8, 4) is 0 Å². The third-order valence-electron chi connectivity index (χ3n) is 4.04. The maximum atomic E-state index is 11.9. The van der Waals surface area contributed by atoms with Crippen LogP contribution in [0, 0.1) is 5.92 Å². The van der Waals surface area contributed by atoms with Crippen LogP contribution in [0.4, 0.5) is 5.69 Å². The first kappa shape index (κ1) is 19.0. The molecule has 0 aliphatic carbocycles. The number of likely N-dealkylation sites (tertiary alicyclic amines) is 1. The molecule has 1 atom stereocenters. The Morgan fingerprint density at radius 1 is 1.17 bits per heavy atom. The molecule has 0 spiro atoms. The van der Waals surface area contributed by atoms with Gasteiger partial charge in [-0.3, -0.25) is 9.59 Å². The van der Waals surface area contributed by atoms with Crippen LogP contribution in [-0.4, -0.2) is 42.9 Å². The van der Waals surface area contributed by atoms with Crippen LogP contribution in [0.3, 0.4) is 0 Å². The highest BCUT2D eigenvalue weighted by Gasteiger charge is 2.18. The van der Waals surface area contributed by atoms with Gasteiger partial charge >= 0.3 is 11.8 Å². The highest BCUT2D eigenvalue weighted by molar-refractivity contribution is 6.45. The second kappa shape index (κ2) is 9.25. The number of amides is 2. The zero-order chi connectivity index (χ0) is 17.5. The number of nitrogens with one attached hydrogen (secondary N) is 2. The Bertz CT molecular complexity index is 589. The fourth-order valence-corrected chi connectivity index (χ4v) is 3.12. The molecule has 2 rings (SSSR count). The van der Waals surface area contributed by atoms with Crippen LogP contribution < -0.4 is 10.6 Å². The minimum atomic E-state index is -0.746. The smallest absolute Gasteiger partial charge is 0.313 e. The number of nitrogens with zero attached hydrogens (tertiary/aromatic N) is 1. The number of halogens is 2. The second-order valence-corrected chi connectivity index (χ2v) is 7.02. The van der Waals surface area contributed by atoms with E-state index in [2.05, 4.69) is 22.5 Å². The molecule has 1 heterocycles. The first-order chi connectivity index (χ1) is 11.5. The number of carbonyl (C=O) groups excluding carboxylic acids is 2. The van der Waals surface area contributed by atoms with Crippen molar-refractivity contribution in [1.29, 1.82) is 0 Å². The number of hydrogen-bond acceptors (Lipinski definition) is 3. The normalized spacial score (nSPS) is 16.5. The molecule has 1 aromatic carbocycles. The molecule has 0 bridgehead atoms. The quantitative estimate of drug-likeness (QED) is 0.781. The Labute approximate surface area is 152 Å². The molecule has 0 aromatic heterocycles. The van der Waals surface area contributed by atoms with Gasteiger partial charge in [0.15, 0.2) is 0 Å². The van der Waals surface area contributed by atoms with Gasteiger partial charge in [-0.05, 0) is 44.0 Å². The van der Waals surface area contributed by atoms with Crippen LogP contribution in [-0.2, 0) is 9.59 Å². The SMILES string of the molecule is CC(CNC(=O)C(=O)Nc1cccc(Cl)c1Cl)CN1CCCCC1. The number of carbonyl (C=O) groups is 2. The van der Waals surface area contributed by atoms with Crippen LogP contribution >= 0.6 is 23.2 Å². The number of hydrogen-bond donors (Lipinski definition) is 2. The molecule has 0 radical (unpaired) electrons. The van der Waals surface area contributed by atoms with Gasteiger partial charge in [0.05, 0.1) is 15.7 Å². The Morgan fingerprint density at radius 3 is 2.58 bits per heavy atom. The zero-order valence-corrected chi connectivity index (χ0v) is 15.3. The lowest BCUT2D eigenvalue weighted by Crippen LogP contribution is -2.41. The molecule has 2 amide bonds. The van der Waals surface area contributed by atoms with E-state index in [0.717, 1.165) is 19.6 Å². The van der Waals surface area contributed by atoms with Crippen LogP contribution in [0.15, 0.2) is 18.2 Å². The van der Waals surface area contributed by atoms with Crippen molar-refractivity contribution in [3.63, 3.8) is 0 Å². The maximum absolute atomic E-state index is 11.9. The average molecular weight is 372 g/mol. The van der Waals surface area contributed by atoms with Crippen molar-refractivity contribution in [2.24, 2.45) is 5.92 Å². The summed E-state index contributed by atoms with van der Waals surface area (Å²) in [6.45, 7) is 5.70. The zero-order valence-electron chi connectivity index (χ0n) is 13.8. The van der Waals surface area contributed by atoms with Crippen molar-refractivity contribution in [2.75, 3.05) is 31.5 Å². The first-order valence-corrected chi connectivity index (χ1v) is 8.98. The summed E-state index contributed by atoms with van der Waals surface area (Å²) in [6, 6.07) is 4.86. The third kappa shape index (κ3) is 5.65. The second-order valence-electron chi connectivity index (χ2n) is 6.23. The summed E-state index contributed by atoms with van der Waals surface area (Å²) >= 11 is 11.9. The number of benzene rings is 1. The van der Waals surface area contributed by atoms with Crippen molar-refractivity contribution in [3.05, 3.63) is 28.2 Å². The van der Waals surface area contributed by atoms with E-state index < -0.39 is 11.8 Å². The van der Waals surface area contributed by atoms with Crippen molar-refractivity contribution in [2.45, 2.75) is 26.2 Å². The summed E-state index contributed by atoms with van der Waals surface area (Å²) in [4.78, 5) is 26.3. The van der Waals surface area contributed by atoms with E-state index in [0.29, 0.717) is 17.3 Å². The van der Waals surface area contributed by atoms with Gasteiger partial charge in [0.2, 0.25) is 0 Å². The summed E-state index contributed by atoms with van der Waals surface area (Å²) in [7, 11) is 0. The Hall–Kier alpha value is -1.30. The Kier molecular flexibility index (Phi) is 7.34. The minimum Gasteiger partial charge on any atom is -0.348 e. The van der Waals surface area contributed by atoms with Gasteiger partial charge < -0.3 is 15.5 Å². The topological polar surface area (TPSA) is 61.4 Å². The minimum absolute atomic E-state index is 0.221. The lowest BCUT2D eigenvalue weighted by Gasteiger charge is -2.29. The van der Waals surface area contributed by atoms with Gasteiger partial charge in [-0.2, -0.15) is 0 Å². The van der Waals surface area contributed by atoms with E-state index in [-0.39, 0.29) is 10.9 Å². The summed E-state index contributed by atoms with van der Waals surface area (Å²) in [6.07, 6.45) is 3.78. The molecular weight excluding hydrogens is 349 g/mol. The van der Waals surface area contributed by atoms with Gasteiger partial charge in [0, 0.05) is 13.1 Å². The van der Waals surface area contributed by atoms with Gasteiger partial charge in [-0.25, -0.2) is 0 Å². The summed E-state index contributed by atoms with van der Waals surface area (Å²) in [5.74, 6) is -1.13. The highest BCUT2D eigenvalue weighted by Crippen LogP contribution is 2.29. The van der Waals surface area contributed by atoms with Crippen molar-refractivity contribution < 1.29 is 9.59 Å².